The van der Waals surface area contributed by atoms with E-state index in [1.165, 1.54) is 25.1 Å². The van der Waals surface area contributed by atoms with Crippen molar-refractivity contribution in [3.63, 3.8) is 0 Å². The van der Waals surface area contributed by atoms with Crippen LogP contribution in [0.2, 0.25) is 0 Å². The lowest BCUT2D eigenvalue weighted by molar-refractivity contribution is -0.144. The Morgan fingerprint density at radius 2 is 1.93 bits per heavy atom. The molecule has 0 spiro atoms. The number of nitrogens with zero attached hydrogens (tertiary/aromatic N) is 4. The fourth-order valence-corrected chi connectivity index (χ4v) is 4.28. The summed E-state index contributed by atoms with van der Waals surface area (Å²) in [7, 11) is 1.24. The van der Waals surface area contributed by atoms with E-state index >= 15 is 0 Å². The van der Waals surface area contributed by atoms with Crippen molar-refractivity contribution in [3.8, 4) is 5.88 Å². The summed E-state index contributed by atoms with van der Waals surface area (Å²) in [6.45, 7) is 3.87. The normalized spacial score (nSPS) is 12.1. The van der Waals surface area contributed by atoms with Gasteiger partial charge in [0.2, 0.25) is 17.7 Å². The number of hydrogen-bond acceptors (Lipinski definition) is 13. The second kappa shape index (κ2) is 15.1. The number of carbonyl (C=O) groups is 4. The summed E-state index contributed by atoms with van der Waals surface area (Å²) in [5, 5.41) is 18.3. The maximum atomic E-state index is 12.7. The van der Waals surface area contributed by atoms with Gasteiger partial charge in [0.15, 0.2) is 11.2 Å². The van der Waals surface area contributed by atoms with E-state index in [2.05, 4.69) is 42.5 Å². The molecule has 15 heteroatoms. The van der Waals surface area contributed by atoms with Crippen molar-refractivity contribution in [3.05, 3.63) is 54.4 Å². The van der Waals surface area contributed by atoms with Crippen LogP contribution >= 0.6 is 11.8 Å². The maximum Gasteiger partial charge on any atom is 0.329 e. The average molecular weight is 583 g/mol. The molecular formula is C26H30N8O6S. The van der Waals surface area contributed by atoms with Crippen LogP contribution in [-0.2, 0) is 25.7 Å². The van der Waals surface area contributed by atoms with Crippen LogP contribution in [-0.4, -0.2) is 79.8 Å². The average Bonchev–Trinajstić information content (AvgIpc) is 2.97. The molecule has 6 N–H and O–H groups in total. The van der Waals surface area contributed by atoms with Crippen LogP contribution in [0.5, 0.6) is 5.88 Å². The van der Waals surface area contributed by atoms with Gasteiger partial charge in [-0.25, -0.2) is 14.8 Å². The zero-order chi connectivity index (χ0) is 29.8. The van der Waals surface area contributed by atoms with Gasteiger partial charge in [-0.2, -0.15) is 21.7 Å². The smallest absolute Gasteiger partial charge is 0.329 e. The summed E-state index contributed by atoms with van der Waals surface area (Å²) in [5.41, 5.74) is 7.29. The number of ether oxygens (including phenoxy) is 1. The first-order valence-electron chi connectivity index (χ1n) is 12.4. The van der Waals surface area contributed by atoms with E-state index in [0.29, 0.717) is 34.7 Å². The molecule has 41 heavy (non-hydrogen) atoms. The van der Waals surface area contributed by atoms with Crippen LogP contribution in [0.3, 0.4) is 0 Å². The van der Waals surface area contributed by atoms with Gasteiger partial charge in [-0.1, -0.05) is 6.08 Å². The fraction of sp³-hybridized carbons (Fsp3) is 0.308. The number of benzene rings is 1. The zero-order valence-corrected chi connectivity index (χ0v) is 23.0. The van der Waals surface area contributed by atoms with Crippen molar-refractivity contribution in [1.29, 1.82) is 0 Å². The van der Waals surface area contributed by atoms with E-state index in [4.69, 9.17) is 10.5 Å². The third-order valence-electron chi connectivity index (χ3n) is 5.58. The van der Waals surface area contributed by atoms with Gasteiger partial charge < -0.3 is 36.3 Å². The first-order chi connectivity index (χ1) is 19.7. The number of nitrogens with one attached hydrogen (secondary N) is 3. The highest BCUT2D eigenvalue weighted by molar-refractivity contribution is 7.99. The first kappa shape index (κ1) is 30.7. The van der Waals surface area contributed by atoms with Gasteiger partial charge in [-0.3, -0.25) is 9.59 Å². The van der Waals surface area contributed by atoms with E-state index in [1.54, 1.807) is 30.3 Å². The summed E-state index contributed by atoms with van der Waals surface area (Å²) in [5.74, 6) is -1.06. The molecular weight excluding hydrogens is 552 g/mol. The summed E-state index contributed by atoms with van der Waals surface area (Å²) >= 11 is 1.41. The number of methoxy groups -OCH3 is 1. The van der Waals surface area contributed by atoms with Crippen molar-refractivity contribution in [2.75, 3.05) is 29.7 Å². The van der Waals surface area contributed by atoms with Crippen LogP contribution in [0, 0.1) is 0 Å². The first-order valence-corrected chi connectivity index (χ1v) is 13.5. The van der Waals surface area contributed by atoms with E-state index in [9.17, 15) is 24.3 Å². The van der Waals surface area contributed by atoms with E-state index in [0.717, 1.165) is 0 Å². The molecule has 0 saturated carbocycles. The lowest BCUT2D eigenvalue weighted by atomic mass is 10.1. The van der Waals surface area contributed by atoms with Crippen molar-refractivity contribution < 1.29 is 29.0 Å². The van der Waals surface area contributed by atoms with Gasteiger partial charge >= 0.3 is 5.97 Å². The van der Waals surface area contributed by atoms with E-state index < -0.39 is 29.9 Å². The fourth-order valence-electron chi connectivity index (χ4n) is 3.52. The predicted molar refractivity (Wildman–Crippen MR) is 153 cm³/mol. The molecule has 14 nitrogen and oxygen atoms in total. The number of thioether (sulfide) groups is 1. The molecule has 2 aromatic heterocycles. The molecule has 2 atom stereocenters. The van der Waals surface area contributed by atoms with E-state index in [1.807, 2.05) is 0 Å². The molecule has 0 bridgehead atoms. The van der Waals surface area contributed by atoms with Crippen molar-refractivity contribution in [1.82, 2.24) is 30.6 Å². The Hall–Kier alpha value is -4.79. The number of amides is 2. The van der Waals surface area contributed by atoms with Crippen LogP contribution in [0.1, 0.15) is 28.9 Å². The second-order valence-corrected chi connectivity index (χ2v) is 9.67. The number of nitrogen functional groups attached to an aromatic ring is 1. The van der Waals surface area contributed by atoms with Gasteiger partial charge in [0.25, 0.3) is 5.91 Å². The number of rotatable bonds is 15. The predicted octanol–water partition coefficient (Wildman–Crippen LogP) is 0.974. The van der Waals surface area contributed by atoms with Crippen molar-refractivity contribution in [2.24, 2.45) is 0 Å². The maximum absolute atomic E-state index is 12.7. The molecule has 0 aliphatic rings. The van der Waals surface area contributed by atoms with Crippen LogP contribution in [0.25, 0.3) is 11.2 Å². The molecule has 3 aromatic rings. The molecule has 2 heterocycles. The Morgan fingerprint density at radius 1 is 1.17 bits per heavy atom. The lowest BCUT2D eigenvalue weighted by Crippen LogP contribution is -2.44. The molecule has 0 radical (unpaired) electrons. The molecule has 1 aromatic carbocycles. The number of aldehydes is 1. The minimum atomic E-state index is -0.903. The number of carbonyl (C=O) groups excluding carboxylic acids is 4. The third-order valence-corrected chi connectivity index (χ3v) is 6.62. The molecule has 0 fully saturated rings. The topological polar surface area (TPSA) is 211 Å². The Bertz CT molecular complexity index is 1400. The minimum absolute atomic E-state index is 0.0500. The van der Waals surface area contributed by atoms with E-state index in [-0.39, 0.29) is 42.4 Å². The Kier molecular flexibility index (Phi) is 11.3. The third kappa shape index (κ3) is 9.13. The van der Waals surface area contributed by atoms with Gasteiger partial charge in [0.1, 0.15) is 12.3 Å². The van der Waals surface area contributed by atoms with Crippen molar-refractivity contribution in [2.45, 2.75) is 31.5 Å². The molecule has 0 aliphatic carbocycles. The minimum Gasteiger partial charge on any atom is -0.492 e. The largest absolute Gasteiger partial charge is 0.492 e. The number of aromatic hydroxyl groups is 1. The quantitative estimate of drug-likeness (QED) is 0.0732. The summed E-state index contributed by atoms with van der Waals surface area (Å²) in [4.78, 5) is 64.5. The van der Waals surface area contributed by atoms with Gasteiger partial charge in [-0.15, -0.1) is 6.58 Å². The SMILES string of the molecule is C=CCSCC(NC(=O)CCC(C=O)NC(=O)c1ccc(NCc2cnc3nc(N)nc(O)c3n2)cc1)C(=O)OC. The summed E-state index contributed by atoms with van der Waals surface area (Å²) < 4.78 is 4.73. The standard InChI is InChI=1S/C26H30N8O6S/c1-3-10-41-14-19(25(39)40-2)32-20(36)9-8-17(13-35)31-23(37)15-4-6-16(7-5-15)28-11-18-12-29-22-21(30-18)24(38)34-26(27)33-22/h3-7,12-13,17,19,28H,1,8-11,14H2,2H3,(H,31,37)(H,32,36)(H3,27,29,33,34,38). The number of nitrogens with two attached hydrogens (primary N) is 1. The number of anilines is 2. The highest BCUT2D eigenvalue weighted by atomic mass is 32.2. The number of fused-ring (bicyclic) bond motifs is 1. The lowest BCUT2D eigenvalue weighted by Gasteiger charge is -2.17. The van der Waals surface area contributed by atoms with Gasteiger partial charge in [-0.05, 0) is 30.7 Å². The highest BCUT2D eigenvalue weighted by Gasteiger charge is 2.22. The molecule has 2 unspecified atom stereocenters. The zero-order valence-electron chi connectivity index (χ0n) is 22.2. The van der Waals surface area contributed by atoms with Crippen LogP contribution < -0.4 is 21.7 Å². The number of aromatic nitrogens is 4. The van der Waals surface area contributed by atoms with Gasteiger partial charge in [0, 0.05) is 29.2 Å². The van der Waals surface area contributed by atoms with Crippen LogP contribution in [0.4, 0.5) is 11.6 Å². The molecule has 0 aliphatic heterocycles. The Balaban J connectivity index is 1.49. The number of hydrogen-bond donors (Lipinski definition) is 5. The second-order valence-electron chi connectivity index (χ2n) is 8.59. The summed E-state index contributed by atoms with van der Waals surface area (Å²) in [6.07, 6.45) is 3.70. The summed E-state index contributed by atoms with van der Waals surface area (Å²) in [6, 6.07) is 4.75. The monoisotopic (exact) mass is 582 g/mol. The highest BCUT2D eigenvalue weighted by Crippen LogP contribution is 2.19. The molecule has 2 amide bonds. The molecule has 216 valence electrons. The van der Waals surface area contributed by atoms with Crippen molar-refractivity contribution >= 4 is 58.6 Å². The van der Waals surface area contributed by atoms with Gasteiger partial charge in [0.05, 0.1) is 31.6 Å². The molecule has 3 rings (SSSR count). The molecule has 0 saturated heterocycles. The Morgan fingerprint density at radius 3 is 2.61 bits per heavy atom. The number of esters is 1. The van der Waals surface area contributed by atoms with Crippen LogP contribution in [0.15, 0.2) is 43.1 Å². The Labute approximate surface area is 239 Å².